The Morgan fingerprint density at radius 3 is 2.52 bits per heavy atom. The molecular formula is C18H19N3OS. The monoisotopic (exact) mass is 325 g/mol. The third kappa shape index (κ3) is 3.24. The van der Waals surface area contributed by atoms with Gasteiger partial charge in [0.1, 0.15) is 5.75 Å². The van der Waals surface area contributed by atoms with Crippen LogP contribution < -0.4 is 4.74 Å². The molecule has 3 aromatic rings. The molecular weight excluding hydrogens is 306 g/mol. The number of aryl methyl sites for hydroxylation is 1. The van der Waals surface area contributed by atoms with Gasteiger partial charge in [-0.2, -0.15) is 0 Å². The fraction of sp³-hybridized carbons (Fsp3) is 0.222. The third-order valence-corrected chi connectivity index (χ3v) is 4.13. The summed E-state index contributed by atoms with van der Waals surface area (Å²) in [7, 11) is 0. The van der Waals surface area contributed by atoms with E-state index >= 15 is 0 Å². The molecule has 0 fully saturated rings. The van der Waals surface area contributed by atoms with Crippen molar-refractivity contribution in [2.75, 3.05) is 12.9 Å². The van der Waals surface area contributed by atoms with Gasteiger partial charge in [-0.15, -0.1) is 10.2 Å². The summed E-state index contributed by atoms with van der Waals surface area (Å²) < 4.78 is 7.60. The number of nitrogens with zero attached hydrogens (tertiary/aromatic N) is 3. The summed E-state index contributed by atoms with van der Waals surface area (Å²) >= 11 is 1.58. The molecule has 1 heterocycles. The lowest BCUT2D eigenvalue weighted by Gasteiger charge is -2.11. The van der Waals surface area contributed by atoms with Crippen LogP contribution in [0.3, 0.4) is 0 Å². The first-order valence-corrected chi connectivity index (χ1v) is 8.75. The highest BCUT2D eigenvalue weighted by atomic mass is 32.2. The molecule has 2 aromatic carbocycles. The van der Waals surface area contributed by atoms with Gasteiger partial charge in [-0.1, -0.05) is 35.5 Å². The van der Waals surface area contributed by atoms with Crippen molar-refractivity contribution in [3.8, 4) is 22.8 Å². The van der Waals surface area contributed by atoms with Gasteiger partial charge in [0.2, 0.25) is 0 Å². The van der Waals surface area contributed by atoms with E-state index < -0.39 is 0 Å². The second kappa shape index (κ2) is 6.87. The molecule has 23 heavy (non-hydrogen) atoms. The molecule has 5 heteroatoms. The Balaban J connectivity index is 2.08. The van der Waals surface area contributed by atoms with Crippen LogP contribution in [-0.2, 0) is 0 Å². The summed E-state index contributed by atoms with van der Waals surface area (Å²) in [6.45, 7) is 4.72. The minimum absolute atomic E-state index is 0.663. The Hall–Kier alpha value is -2.27. The quantitative estimate of drug-likeness (QED) is 0.653. The van der Waals surface area contributed by atoms with E-state index in [9.17, 15) is 0 Å². The summed E-state index contributed by atoms with van der Waals surface area (Å²) in [5.41, 5.74) is 3.29. The number of thioether (sulfide) groups is 1. The van der Waals surface area contributed by atoms with E-state index in [-0.39, 0.29) is 0 Å². The van der Waals surface area contributed by atoms with E-state index in [0.717, 1.165) is 28.0 Å². The maximum Gasteiger partial charge on any atom is 0.195 e. The largest absolute Gasteiger partial charge is 0.494 e. The van der Waals surface area contributed by atoms with Gasteiger partial charge in [0.15, 0.2) is 11.0 Å². The Morgan fingerprint density at radius 2 is 1.87 bits per heavy atom. The van der Waals surface area contributed by atoms with Crippen molar-refractivity contribution in [2.24, 2.45) is 0 Å². The number of hydrogen-bond acceptors (Lipinski definition) is 4. The molecule has 0 unspecified atom stereocenters. The number of hydrogen-bond donors (Lipinski definition) is 0. The van der Waals surface area contributed by atoms with E-state index in [0.29, 0.717) is 6.61 Å². The maximum absolute atomic E-state index is 5.52. The fourth-order valence-electron chi connectivity index (χ4n) is 2.46. The van der Waals surface area contributed by atoms with Crippen LogP contribution in [0, 0.1) is 6.92 Å². The van der Waals surface area contributed by atoms with Crippen molar-refractivity contribution in [2.45, 2.75) is 19.0 Å². The van der Waals surface area contributed by atoms with E-state index in [1.807, 2.05) is 43.5 Å². The summed E-state index contributed by atoms with van der Waals surface area (Å²) in [6.07, 6.45) is 2.01. The van der Waals surface area contributed by atoms with Gasteiger partial charge in [-0.25, -0.2) is 0 Å². The molecule has 4 nitrogen and oxygen atoms in total. The van der Waals surface area contributed by atoms with Gasteiger partial charge in [0.25, 0.3) is 0 Å². The number of aromatic nitrogens is 3. The Kier molecular flexibility index (Phi) is 4.67. The maximum atomic E-state index is 5.52. The lowest BCUT2D eigenvalue weighted by Crippen LogP contribution is -2.00. The lowest BCUT2D eigenvalue weighted by molar-refractivity contribution is 0.340. The molecule has 3 rings (SSSR count). The molecule has 0 amide bonds. The van der Waals surface area contributed by atoms with Crippen LogP contribution in [0.4, 0.5) is 0 Å². The second-order valence-corrected chi connectivity index (χ2v) is 5.92. The summed E-state index contributed by atoms with van der Waals surface area (Å²) in [5, 5.41) is 9.58. The zero-order valence-corrected chi connectivity index (χ0v) is 14.3. The topological polar surface area (TPSA) is 39.9 Å². The van der Waals surface area contributed by atoms with Crippen LogP contribution in [0.25, 0.3) is 17.1 Å². The van der Waals surface area contributed by atoms with E-state index in [1.165, 1.54) is 5.56 Å². The summed E-state index contributed by atoms with van der Waals surface area (Å²) in [4.78, 5) is 0. The smallest absolute Gasteiger partial charge is 0.195 e. The number of rotatable bonds is 5. The molecule has 0 bridgehead atoms. The highest BCUT2D eigenvalue weighted by molar-refractivity contribution is 7.98. The van der Waals surface area contributed by atoms with Crippen molar-refractivity contribution in [3.05, 3.63) is 54.1 Å². The van der Waals surface area contributed by atoms with Crippen molar-refractivity contribution >= 4 is 11.8 Å². The average Bonchev–Trinajstić information content (AvgIpc) is 3.00. The van der Waals surface area contributed by atoms with Crippen LogP contribution in [0.5, 0.6) is 5.75 Å². The van der Waals surface area contributed by atoms with Crippen molar-refractivity contribution < 1.29 is 4.74 Å². The second-order valence-electron chi connectivity index (χ2n) is 5.14. The molecule has 0 aliphatic carbocycles. The zero-order valence-electron chi connectivity index (χ0n) is 13.5. The fourth-order valence-corrected chi connectivity index (χ4v) is 2.96. The van der Waals surface area contributed by atoms with E-state index in [1.54, 1.807) is 11.8 Å². The first-order valence-electron chi connectivity index (χ1n) is 7.52. The van der Waals surface area contributed by atoms with Crippen molar-refractivity contribution in [3.63, 3.8) is 0 Å². The predicted octanol–water partition coefficient (Wildman–Crippen LogP) is 4.36. The van der Waals surface area contributed by atoms with E-state index in [2.05, 4.69) is 39.9 Å². The average molecular weight is 325 g/mol. The van der Waals surface area contributed by atoms with Crippen LogP contribution >= 0.6 is 11.8 Å². The number of ether oxygens (including phenoxy) is 1. The molecule has 0 radical (unpaired) electrons. The standard InChI is InChI=1S/C18H19N3OS/c1-4-22-16-10-8-15(9-11-16)21-17(19-20-18(21)23-3)14-7-5-6-13(2)12-14/h5-12H,4H2,1-3H3. The van der Waals surface area contributed by atoms with Gasteiger partial charge in [-0.05, 0) is 50.4 Å². The van der Waals surface area contributed by atoms with Crippen LogP contribution in [0.15, 0.2) is 53.7 Å². The number of benzene rings is 2. The predicted molar refractivity (Wildman–Crippen MR) is 94.5 cm³/mol. The Morgan fingerprint density at radius 1 is 1.09 bits per heavy atom. The van der Waals surface area contributed by atoms with Crippen LogP contribution in [-0.4, -0.2) is 27.6 Å². The molecule has 1 aromatic heterocycles. The summed E-state index contributed by atoms with van der Waals surface area (Å²) in [5.74, 6) is 1.72. The Bertz CT molecular complexity index is 796. The molecule has 0 aliphatic heterocycles. The first-order chi connectivity index (χ1) is 11.2. The molecule has 0 atom stereocenters. The van der Waals surface area contributed by atoms with Gasteiger partial charge < -0.3 is 4.74 Å². The molecule has 0 spiro atoms. The lowest BCUT2D eigenvalue weighted by atomic mass is 10.1. The van der Waals surface area contributed by atoms with Crippen LogP contribution in [0.1, 0.15) is 12.5 Å². The highest BCUT2D eigenvalue weighted by Gasteiger charge is 2.15. The SMILES string of the molecule is CCOc1ccc(-n2c(SC)nnc2-c2cccc(C)c2)cc1. The highest BCUT2D eigenvalue weighted by Crippen LogP contribution is 2.28. The molecule has 118 valence electrons. The molecule has 0 aliphatic rings. The minimum Gasteiger partial charge on any atom is -0.494 e. The van der Waals surface area contributed by atoms with E-state index in [4.69, 9.17) is 4.74 Å². The minimum atomic E-state index is 0.663. The zero-order chi connectivity index (χ0) is 16.2. The third-order valence-electron chi connectivity index (χ3n) is 3.50. The summed E-state index contributed by atoms with van der Waals surface area (Å²) in [6, 6.07) is 16.3. The van der Waals surface area contributed by atoms with Gasteiger partial charge in [0, 0.05) is 11.3 Å². The van der Waals surface area contributed by atoms with Gasteiger partial charge in [0.05, 0.1) is 6.61 Å². The normalized spacial score (nSPS) is 10.7. The molecule has 0 saturated heterocycles. The first kappa shape index (κ1) is 15.6. The van der Waals surface area contributed by atoms with Gasteiger partial charge in [-0.3, -0.25) is 4.57 Å². The van der Waals surface area contributed by atoms with Crippen molar-refractivity contribution in [1.29, 1.82) is 0 Å². The molecule has 0 saturated carbocycles. The van der Waals surface area contributed by atoms with Crippen molar-refractivity contribution in [1.82, 2.24) is 14.8 Å². The molecule has 0 N–H and O–H groups in total. The Labute approximate surface area is 140 Å². The van der Waals surface area contributed by atoms with Crippen LogP contribution in [0.2, 0.25) is 0 Å². The van der Waals surface area contributed by atoms with Gasteiger partial charge >= 0.3 is 0 Å².